The van der Waals surface area contributed by atoms with Gasteiger partial charge in [-0.25, -0.2) is 8.42 Å². The van der Waals surface area contributed by atoms with Crippen LogP contribution in [0, 0.1) is 0 Å². The van der Waals surface area contributed by atoms with E-state index < -0.39 is 51.0 Å². The van der Waals surface area contributed by atoms with Gasteiger partial charge in [-0.15, -0.1) is 0 Å². The molecule has 0 aliphatic heterocycles. The summed E-state index contributed by atoms with van der Waals surface area (Å²) in [5.74, 6) is -1.10. The van der Waals surface area contributed by atoms with Crippen molar-refractivity contribution in [1.82, 2.24) is 10.2 Å². The fourth-order valence-corrected chi connectivity index (χ4v) is 7.03. The predicted molar refractivity (Wildman–Crippen MR) is 164 cm³/mol. The van der Waals surface area contributed by atoms with Crippen molar-refractivity contribution in [1.29, 1.82) is 0 Å². The Morgan fingerprint density at radius 1 is 0.955 bits per heavy atom. The highest BCUT2D eigenvalue weighted by Crippen LogP contribution is 2.38. The maximum Gasteiger partial charge on any atom is 0.417 e. The maximum atomic E-state index is 14.1. The van der Waals surface area contributed by atoms with Crippen molar-refractivity contribution < 1.29 is 31.2 Å². The van der Waals surface area contributed by atoms with E-state index in [9.17, 15) is 31.2 Å². The molecule has 1 saturated carbocycles. The minimum absolute atomic E-state index is 0.0100. The number of hydrogen-bond donors (Lipinski definition) is 1. The molecule has 0 radical (unpaired) electrons. The highest BCUT2D eigenvalue weighted by Gasteiger charge is 2.37. The number of benzene rings is 3. The lowest BCUT2D eigenvalue weighted by Crippen LogP contribution is -2.54. The van der Waals surface area contributed by atoms with E-state index in [0.717, 1.165) is 44.2 Å². The van der Waals surface area contributed by atoms with Gasteiger partial charge in [-0.05, 0) is 55.2 Å². The predicted octanol–water partition coefficient (Wildman–Crippen LogP) is 6.81. The number of sulfonamides is 1. The number of carbonyl (C=O) groups is 2. The van der Waals surface area contributed by atoms with Crippen LogP contribution in [-0.4, -0.2) is 43.8 Å². The Kier molecular flexibility index (Phi) is 11.0. The third-order valence-electron chi connectivity index (χ3n) is 7.69. The molecule has 236 valence electrons. The second-order valence-electron chi connectivity index (χ2n) is 10.8. The van der Waals surface area contributed by atoms with E-state index in [1.807, 2.05) is 0 Å². The molecule has 1 unspecified atom stereocenters. The molecule has 3 aromatic carbocycles. The van der Waals surface area contributed by atoms with Crippen LogP contribution in [0.25, 0.3) is 0 Å². The van der Waals surface area contributed by atoms with E-state index in [1.165, 1.54) is 29.2 Å². The SMILES string of the molecule is CCC(C(=O)NC1CCCCC1)N(Cc1ccccc1)C(=O)CN(c1ccc(Cl)c(C(F)(F)F)c1)S(=O)(=O)c1ccccc1. The minimum Gasteiger partial charge on any atom is -0.352 e. The summed E-state index contributed by atoms with van der Waals surface area (Å²) in [5.41, 5.74) is -0.928. The first-order valence-electron chi connectivity index (χ1n) is 14.5. The average molecular weight is 650 g/mol. The topological polar surface area (TPSA) is 86.8 Å². The van der Waals surface area contributed by atoms with Crippen molar-refractivity contribution in [2.75, 3.05) is 10.8 Å². The van der Waals surface area contributed by atoms with Crippen LogP contribution in [0.5, 0.6) is 0 Å². The quantitative estimate of drug-likeness (QED) is 0.247. The molecule has 7 nitrogen and oxygen atoms in total. The molecule has 0 heterocycles. The van der Waals surface area contributed by atoms with Crippen molar-refractivity contribution in [3.05, 3.63) is 95.0 Å². The van der Waals surface area contributed by atoms with Crippen LogP contribution in [-0.2, 0) is 32.3 Å². The summed E-state index contributed by atoms with van der Waals surface area (Å²) in [5, 5.41) is 2.45. The van der Waals surface area contributed by atoms with Gasteiger partial charge in [-0.2, -0.15) is 13.2 Å². The van der Waals surface area contributed by atoms with Crippen molar-refractivity contribution >= 4 is 39.1 Å². The van der Waals surface area contributed by atoms with Crippen molar-refractivity contribution in [3.8, 4) is 0 Å². The summed E-state index contributed by atoms with van der Waals surface area (Å²) >= 11 is 5.83. The molecule has 2 amide bonds. The molecule has 0 saturated heterocycles. The third-order valence-corrected chi connectivity index (χ3v) is 9.80. The van der Waals surface area contributed by atoms with Gasteiger partial charge in [0.1, 0.15) is 12.6 Å². The Bertz CT molecular complexity index is 1530. The summed E-state index contributed by atoms with van der Waals surface area (Å²) in [7, 11) is -4.53. The molecular formula is C32H35ClF3N3O4S. The molecule has 1 N–H and O–H groups in total. The van der Waals surface area contributed by atoms with Gasteiger partial charge in [0, 0.05) is 12.6 Å². The number of halogens is 4. The lowest BCUT2D eigenvalue weighted by Gasteiger charge is -2.34. The van der Waals surface area contributed by atoms with Crippen molar-refractivity contribution in [3.63, 3.8) is 0 Å². The lowest BCUT2D eigenvalue weighted by atomic mass is 9.95. The number of nitrogens with one attached hydrogen (secondary N) is 1. The zero-order valence-corrected chi connectivity index (χ0v) is 25.8. The third kappa shape index (κ3) is 8.12. The van der Waals surface area contributed by atoms with E-state index in [-0.39, 0.29) is 29.8 Å². The molecule has 44 heavy (non-hydrogen) atoms. The zero-order chi connectivity index (χ0) is 31.9. The molecule has 1 aliphatic rings. The summed E-state index contributed by atoms with van der Waals surface area (Å²) < 4.78 is 69.8. The van der Waals surface area contributed by atoms with Gasteiger partial charge >= 0.3 is 6.18 Å². The van der Waals surface area contributed by atoms with Gasteiger partial charge in [0.2, 0.25) is 11.8 Å². The summed E-state index contributed by atoms with van der Waals surface area (Å²) in [4.78, 5) is 28.8. The fourth-order valence-electron chi connectivity index (χ4n) is 5.38. The van der Waals surface area contributed by atoms with E-state index in [1.54, 1.807) is 43.3 Å². The fraction of sp³-hybridized carbons (Fsp3) is 0.375. The normalized spacial score (nSPS) is 14.9. The van der Waals surface area contributed by atoms with Gasteiger partial charge in [-0.1, -0.05) is 86.3 Å². The van der Waals surface area contributed by atoms with Crippen LogP contribution in [0.1, 0.15) is 56.6 Å². The number of nitrogens with zero attached hydrogens (tertiary/aromatic N) is 2. The van der Waals surface area contributed by atoms with Crippen LogP contribution in [0.2, 0.25) is 5.02 Å². The molecule has 0 spiro atoms. The highest BCUT2D eigenvalue weighted by atomic mass is 35.5. The second kappa shape index (κ2) is 14.5. The maximum absolute atomic E-state index is 14.1. The first-order valence-corrected chi connectivity index (χ1v) is 16.3. The molecule has 1 fully saturated rings. The first kappa shape index (κ1) is 33.3. The van der Waals surface area contributed by atoms with E-state index in [2.05, 4.69) is 5.32 Å². The smallest absolute Gasteiger partial charge is 0.352 e. The molecular weight excluding hydrogens is 615 g/mol. The van der Waals surface area contributed by atoms with Crippen LogP contribution in [0.4, 0.5) is 18.9 Å². The highest BCUT2D eigenvalue weighted by molar-refractivity contribution is 7.92. The van der Waals surface area contributed by atoms with E-state index in [4.69, 9.17) is 11.6 Å². The number of rotatable bonds is 11. The molecule has 4 rings (SSSR count). The second-order valence-corrected chi connectivity index (χ2v) is 13.0. The van der Waals surface area contributed by atoms with Crippen LogP contribution in [0.15, 0.2) is 83.8 Å². The monoisotopic (exact) mass is 649 g/mol. The standard InChI is InChI=1S/C32H35ClF3N3O4S/c1-2-29(31(41)37-24-14-8-4-9-15-24)38(21-23-12-6-3-7-13-23)30(40)22-39(44(42,43)26-16-10-5-11-17-26)25-18-19-28(33)27(20-25)32(34,35)36/h3,5-7,10-13,16-20,24,29H,2,4,8-9,14-15,21-22H2,1H3,(H,37,41). The number of hydrogen-bond acceptors (Lipinski definition) is 4. The Balaban J connectivity index is 1.75. The Hall–Kier alpha value is -3.57. The lowest BCUT2D eigenvalue weighted by molar-refractivity contribution is -0.140. The number of alkyl halides is 3. The van der Waals surface area contributed by atoms with Gasteiger partial charge in [0.25, 0.3) is 10.0 Å². The molecule has 0 bridgehead atoms. The zero-order valence-electron chi connectivity index (χ0n) is 24.3. The Morgan fingerprint density at radius 3 is 2.16 bits per heavy atom. The van der Waals surface area contributed by atoms with Crippen molar-refractivity contribution in [2.24, 2.45) is 0 Å². The summed E-state index contributed by atoms with van der Waals surface area (Å²) in [6.45, 7) is 0.893. The minimum atomic E-state index is -4.87. The van der Waals surface area contributed by atoms with Gasteiger partial charge < -0.3 is 10.2 Å². The molecule has 12 heteroatoms. The van der Waals surface area contributed by atoms with Gasteiger partial charge in [0.05, 0.1) is 21.2 Å². The number of anilines is 1. The number of amides is 2. The average Bonchev–Trinajstić information content (AvgIpc) is 3.01. The largest absolute Gasteiger partial charge is 0.417 e. The Labute approximate surface area is 261 Å². The van der Waals surface area contributed by atoms with Crippen LogP contribution in [0.3, 0.4) is 0 Å². The van der Waals surface area contributed by atoms with Crippen LogP contribution >= 0.6 is 11.6 Å². The van der Waals surface area contributed by atoms with Crippen molar-refractivity contribution in [2.45, 2.75) is 75.1 Å². The number of carbonyl (C=O) groups excluding carboxylic acids is 2. The summed E-state index contributed by atoms with van der Waals surface area (Å²) in [6.07, 6.45) is 0.0922. The molecule has 1 aliphatic carbocycles. The molecule has 0 aromatic heterocycles. The van der Waals surface area contributed by atoms with E-state index in [0.29, 0.717) is 15.9 Å². The van der Waals surface area contributed by atoms with E-state index >= 15 is 0 Å². The molecule has 3 aromatic rings. The van der Waals surface area contributed by atoms with Crippen LogP contribution < -0.4 is 9.62 Å². The summed E-state index contributed by atoms with van der Waals surface area (Å²) in [6, 6.07) is 17.8. The first-order chi connectivity index (χ1) is 20.9. The Morgan fingerprint density at radius 2 is 1.57 bits per heavy atom. The van der Waals surface area contributed by atoms with Gasteiger partial charge in [0.15, 0.2) is 0 Å². The molecule has 1 atom stereocenters. The van der Waals surface area contributed by atoms with Gasteiger partial charge in [-0.3, -0.25) is 13.9 Å².